The topological polar surface area (TPSA) is 84.9 Å². The van der Waals surface area contributed by atoms with Crippen molar-refractivity contribution in [2.75, 3.05) is 19.9 Å². The van der Waals surface area contributed by atoms with Gasteiger partial charge in [-0.25, -0.2) is 0 Å². The van der Waals surface area contributed by atoms with Crippen molar-refractivity contribution in [3.05, 3.63) is 57.2 Å². The van der Waals surface area contributed by atoms with Gasteiger partial charge in [-0.2, -0.15) is 0 Å². The first-order chi connectivity index (χ1) is 14.0. The van der Waals surface area contributed by atoms with Crippen LogP contribution < -0.4 is 14.8 Å². The molecule has 0 bridgehead atoms. The molecule has 2 aliphatic rings. The van der Waals surface area contributed by atoms with Crippen molar-refractivity contribution in [1.82, 2.24) is 10.2 Å². The molecule has 1 atom stereocenters. The van der Waals surface area contributed by atoms with Gasteiger partial charge in [0.2, 0.25) is 5.91 Å². The normalized spacial score (nSPS) is 18.3. The van der Waals surface area contributed by atoms with Crippen LogP contribution in [0.15, 0.2) is 42.5 Å². The van der Waals surface area contributed by atoms with Gasteiger partial charge in [-0.3, -0.25) is 19.7 Å². The van der Waals surface area contributed by atoms with E-state index in [1.807, 2.05) is 42.5 Å². The molecule has 0 spiro atoms. The van der Waals surface area contributed by atoms with Crippen molar-refractivity contribution in [3.8, 4) is 11.5 Å². The molecular weight excluding hydrogens is 507 g/mol. The highest BCUT2D eigenvalue weighted by molar-refractivity contribution is 14.1. The number of benzene rings is 2. The molecule has 4 rings (SSSR count). The Kier molecular flexibility index (Phi) is 5.95. The molecular formula is C20H17IN2O5S. The van der Waals surface area contributed by atoms with Crippen LogP contribution in [0.1, 0.15) is 15.9 Å². The number of halogens is 1. The van der Waals surface area contributed by atoms with Crippen LogP contribution in [0.2, 0.25) is 0 Å². The smallest absolute Gasteiger partial charge is 0.286 e. The van der Waals surface area contributed by atoms with Crippen LogP contribution in [0.3, 0.4) is 0 Å². The van der Waals surface area contributed by atoms with Gasteiger partial charge in [0.05, 0.1) is 17.4 Å². The molecule has 3 amide bonds. The molecule has 0 aromatic heterocycles. The van der Waals surface area contributed by atoms with Crippen LogP contribution >= 0.6 is 34.4 Å². The number of amides is 3. The predicted octanol–water partition coefficient (Wildman–Crippen LogP) is 3.06. The lowest BCUT2D eigenvalue weighted by molar-refractivity contribution is -0.118. The van der Waals surface area contributed by atoms with Gasteiger partial charge in [0.1, 0.15) is 18.1 Å². The van der Waals surface area contributed by atoms with E-state index in [2.05, 4.69) is 27.9 Å². The summed E-state index contributed by atoms with van der Waals surface area (Å²) in [5.41, 5.74) is 1.52. The summed E-state index contributed by atoms with van der Waals surface area (Å²) in [4.78, 5) is 37.1. The molecule has 0 aliphatic carbocycles. The van der Waals surface area contributed by atoms with Crippen molar-refractivity contribution in [3.63, 3.8) is 0 Å². The highest BCUT2D eigenvalue weighted by Crippen LogP contribution is 2.27. The average molecular weight is 524 g/mol. The third-order valence-corrected chi connectivity index (χ3v) is 6.23. The highest BCUT2D eigenvalue weighted by atomic mass is 127. The number of ether oxygens (including phenoxy) is 2. The Morgan fingerprint density at radius 1 is 1.17 bits per heavy atom. The second-order valence-corrected chi connectivity index (χ2v) is 8.98. The Balaban J connectivity index is 1.28. The van der Waals surface area contributed by atoms with Gasteiger partial charge in [-0.05, 0) is 64.9 Å². The SMILES string of the molecule is O=C1NC(=O)C(Cc2ccc(OCCN3COc4ccc(I)cc4C3=O)cc2)S1. The first kappa shape index (κ1) is 20.0. The number of fused-ring (bicyclic) bond motifs is 1. The summed E-state index contributed by atoms with van der Waals surface area (Å²) in [6.45, 7) is 0.949. The fraction of sp³-hybridized carbons (Fsp3) is 0.250. The first-order valence-corrected chi connectivity index (χ1v) is 10.9. The number of nitrogens with one attached hydrogen (secondary N) is 1. The number of imide groups is 1. The molecule has 1 N–H and O–H groups in total. The Bertz CT molecular complexity index is 966. The maximum absolute atomic E-state index is 12.6. The van der Waals surface area contributed by atoms with Crippen LogP contribution in [0.25, 0.3) is 0 Å². The lowest BCUT2D eigenvalue weighted by atomic mass is 10.1. The summed E-state index contributed by atoms with van der Waals surface area (Å²) >= 11 is 3.19. The summed E-state index contributed by atoms with van der Waals surface area (Å²) in [7, 11) is 0. The molecule has 150 valence electrons. The standard InChI is InChI=1S/C20H17IN2O5S/c21-13-3-6-16-15(10-13)19(25)23(11-28-16)7-8-27-14-4-1-12(2-5-14)9-17-18(24)22-20(26)29-17/h1-6,10,17H,7-9,11H2,(H,22,24,26). The summed E-state index contributed by atoms with van der Waals surface area (Å²) < 4.78 is 12.4. The number of carbonyl (C=O) groups excluding carboxylic acids is 3. The highest BCUT2D eigenvalue weighted by Gasteiger charge is 2.31. The van der Waals surface area contributed by atoms with E-state index >= 15 is 0 Å². The Morgan fingerprint density at radius 2 is 1.97 bits per heavy atom. The van der Waals surface area contributed by atoms with Crippen LogP contribution in [-0.2, 0) is 11.2 Å². The van der Waals surface area contributed by atoms with Crippen molar-refractivity contribution >= 4 is 51.4 Å². The van der Waals surface area contributed by atoms with E-state index in [4.69, 9.17) is 9.47 Å². The minimum absolute atomic E-state index is 0.0643. The Hall–Kier alpha value is -2.27. The second-order valence-electron chi connectivity index (χ2n) is 6.56. The number of hydrogen-bond acceptors (Lipinski definition) is 6. The van der Waals surface area contributed by atoms with Crippen molar-refractivity contribution in [2.24, 2.45) is 0 Å². The molecule has 7 nitrogen and oxygen atoms in total. The molecule has 2 aliphatic heterocycles. The largest absolute Gasteiger partial charge is 0.492 e. The van der Waals surface area contributed by atoms with Crippen LogP contribution in [0.5, 0.6) is 11.5 Å². The van der Waals surface area contributed by atoms with Crippen LogP contribution in [0, 0.1) is 3.57 Å². The van der Waals surface area contributed by atoms with E-state index in [-0.39, 0.29) is 29.0 Å². The maximum Gasteiger partial charge on any atom is 0.286 e. The average Bonchev–Trinajstić information content (AvgIpc) is 3.02. The van der Waals surface area contributed by atoms with E-state index in [1.54, 1.807) is 4.90 Å². The van der Waals surface area contributed by atoms with E-state index in [0.717, 1.165) is 20.9 Å². The number of thioether (sulfide) groups is 1. The quantitative estimate of drug-likeness (QED) is 0.585. The number of rotatable bonds is 6. The Morgan fingerprint density at radius 3 is 2.69 bits per heavy atom. The molecule has 2 aromatic carbocycles. The fourth-order valence-corrected chi connectivity index (χ4v) is 4.43. The molecule has 0 saturated carbocycles. The van der Waals surface area contributed by atoms with Crippen LogP contribution in [-0.4, -0.2) is 47.1 Å². The second kappa shape index (κ2) is 8.62. The van der Waals surface area contributed by atoms with Crippen molar-refractivity contribution in [2.45, 2.75) is 11.7 Å². The predicted molar refractivity (Wildman–Crippen MR) is 116 cm³/mol. The molecule has 2 aromatic rings. The van der Waals surface area contributed by atoms with Gasteiger partial charge >= 0.3 is 0 Å². The third-order valence-electron chi connectivity index (χ3n) is 4.58. The van der Waals surface area contributed by atoms with Gasteiger partial charge in [0, 0.05) is 3.57 Å². The zero-order chi connectivity index (χ0) is 20.4. The van der Waals surface area contributed by atoms with Crippen molar-refractivity contribution < 1.29 is 23.9 Å². The molecule has 2 heterocycles. The summed E-state index contributed by atoms with van der Waals surface area (Å²) in [5.74, 6) is 0.975. The van der Waals surface area contributed by atoms with Gasteiger partial charge in [0.15, 0.2) is 6.73 Å². The zero-order valence-electron chi connectivity index (χ0n) is 15.2. The molecule has 9 heteroatoms. The van der Waals surface area contributed by atoms with E-state index < -0.39 is 0 Å². The van der Waals surface area contributed by atoms with E-state index in [0.29, 0.717) is 36.6 Å². The third kappa shape index (κ3) is 4.67. The Labute approximate surface area is 185 Å². The molecule has 1 saturated heterocycles. The number of nitrogens with zero attached hydrogens (tertiary/aromatic N) is 1. The summed E-state index contributed by atoms with van der Waals surface area (Å²) in [6.07, 6.45) is 0.486. The van der Waals surface area contributed by atoms with E-state index in [1.165, 1.54) is 0 Å². The van der Waals surface area contributed by atoms with Gasteiger partial charge in [-0.1, -0.05) is 23.9 Å². The van der Waals surface area contributed by atoms with Gasteiger partial charge < -0.3 is 14.4 Å². The summed E-state index contributed by atoms with van der Waals surface area (Å²) in [6, 6.07) is 12.9. The summed E-state index contributed by atoms with van der Waals surface area (Å²) in [5, 5.41) is 1.61. The number of hydrogen-bond donors (Lipinski definition) is 1. The minimum atomic E-state index is -0.384. The van der Waals surface area contributed by atoms with Crippen LogP contribution in [0.4, 0.5) is 4.79 Å². The molecule has 1 fully saturated rings. The monoisotopic (exact) mass is 524 g/mol. The molecule has 29 heavy (non-hydrogen) atoms. The van der Waals surface area contributed by atoms with E-state index in [9.17, 15) is 14.4 Å². The van der Waals surface area contributed by atoms with Gasteiger partial charge in [-0.15, -0.1) is 0 Å². The minimum Gasteiger partial charge on any atom is -0.492 e. The first-order valence-electron chi connectivity index (χ1n) is 8.94. The lowest BCUT2D eigenvalue weighted by Gasteiger charge is -2.28. The lowest BCUT2D eigenvalue weighted by Crippen LogP contribution is -2.41. The van der Waals surface area contributed by atoms with Crippen molar-refractivity contribution in [1.29, 1.82) is 0 Å². The van der Waals surface area contributed by atoms with Gasteiger partial charge in [0.25, 0.3) is 11.1 Å². The molecule has 1 unspecified atom stereocenters. The maximum atomic E-state index is 12.6. The fourth-order valence-electron chi connectivity index (χ4n) is 3.07. The zero-order valence-corrected chi connectivity index (χ0v) is 18.2. The number of carbonyl (C=O) groups is 3. The molecule has 0 radical (unpaired) electrons.